The van der Waals surface area contributed by atoms with Crippen molar-refractivity contribution in [1.82, 2.24) is 9.80 Å². The number of allylic oxidation sites excluding steroid dienone is 1. The van der Waals surface area contributed by atoms with Gasteiger partial charge in [-0.15, -0.1) is 0 Å². The summed E-state index contributed by atoms with van der Waals surface area (Å²) in [6.07, 6.45) is 6.06. The molecule has 7 heteroatoms. The van der Waals surface area contributed by atoms with Crippen LogP contribution < -0.4 is 0 Å². The minimum Gasteiger partial charge on any atom is -0.285 e. The molecule has 0 aromatic heterocycles. The van der Waals surface area contributed by atoms with Crippen molar-refractivity contribution < 1.29 is 18.7 Å². The molecule has 1 saturated heterocycles. The van der Waals surface area contributed by atoms with Crippen LogP contribution in [0.1, 0.15) is 26.7 Å². The Balaban J connectivity index is 2.69. The molecule has 0 spiro atoms. The van der Waals surface area contributed by atoms with Crippen molar-refractivity contribution in [1.29, 1.82) is 0 Å². The number of hydrogen-bond donors (Lipinski definition) is 0. The molecule has 2 fully saturated rings. The highest BCUT2D eigenvalue weighted by atomic mass is 32.1. The van der Waals surface area contributed by atoms with E-state index in [0.717, 1.165) is 18.4 Å². The fraction of sp³-hybridized carbons (Fsp3) is 0.632. The molecule has 142 valence electrons. The van der Waals surface area contributed by atoms with E-state index in [0.29, 0.717) is 23.8 Å². The lowest BCUT2D eigenvalue weighted by Gasteiger charge is -2.36. The summed E-state index contributed by atoms with van der Waals surface area (Å²) in [7, 11) is 7.90. The van der Waals surface area contributed by atoms with Crippen LogP contribution in [0.5, 0.6) is 0 Å². The molecule has 0 aromatic carbocycles. The van der Waals surface area contributed by atoms with Crippen LogP contribution in [0.2, 0.25) is 0 Å². The minimum atomic E-state index is -0.251. The Kier molecular flexibility index (Phi) is 6.44. The maximum absolute atomic E-state index is 13.2. The zero-order valence-electron chi connectivity index (χ0n) is 16.7. The van der Waals surface area contributed by atoms with Gasteiger partial charge < -0.3 is 0 Å². The Hall–Kier alpha value is -1.89. The number of hydrogen-bond acceptors (Lipinski definition) is 3. The summed E-state index contributed by atoms with van der Waals surface area (Å²) in [6, 6.07) is 0. The van der Waals surface area contributed by atoms with E-state index in [2.05, 4.69) is 12.4 Å². The van der Waals surface area contributed by atoms with Crippen molar-refractivity contribution in [3.05, 3.63) is 11.1 Å². The monoisotopic (exact) mass is 378 g/mol. The third-order valence-electron chi connectivity index (χ3n) is 4.84. The molecule has 2 rings (SSSR count). The van der Waals surface area contributed by atoms with Gasteiger partial charge >= 0.3 is 0 Å². The Bertz CT molecular complexity index is 659. The summed E-state index contributed by atoms with van der Waals surface area (Å²) in [5, 5.41) is 0.314. The van der Waals surface area contributed by atoms with Gasteiger partial charge in [0.05, 0.1) is 11.8 Å². The number of nitrogens with zero attached hydrogens (tertiary/aromatic N) is 4. The van der Waals surface area contributed by atoms with Crippen molar-refractivity contribution in [3.63, 3.8) is 0 Å². The van der Waals surface area contributed by atoms with E-state index in [4.69, 9.17) is 12.2 Å². The van der Waals surface area contributed by atoms with E-state index < -0.39 is 0 Å². The molecule has 1 heterocycles. The van der Waals surface area contributed by atoms with Crippen LogP contribution >= 0.6 is 12.2 Å². The largest absolute Gasteiger partial charge is 0.285 e. The summed E-state index contributed by atoms with van der Waals surface area (Å²) >= 11 is 5.38. The van der Waals surface area contributed by atoms with E-state index in [-0.39, 0.29) is 23.7 Å². The molecule has 26 heavy (non-hydrogen) atoms. The molecule has 0 radical (unpaired) electrons. The van der Waals surface area contributed by atoms with Crippen LogP contribution in [0.25, 0.3) is 0 Å². The zero-order valence-corrected chi connectivity index (χ0v) is 17.5. The van der Waals surface area contributed by atoms with E-state index in [1.54, 1.807) is 9.80 Å². The molecular formula is C19H30N4O2S+2. The quantitative estimate of drug-likeness (QED) is 0.241. The average Bonchev–Trinajstić information content (AvgIpc) is 2.89. The van der Waals surface area contributed by atoms with Gasteiger partial charge in [-0.05, 0) is 44.5 Å². The first kappa shape index (κ1) is 20.4. The number of amides is 2. The van der Waals surface area contributed by atoms with Gasteiger partial charge in [0, 0.05) is 13.1 Å². The van der Waals surface area contributed by atoms with E-state index in [9.17, 15) is 9.59 Å². The lowest BCUT2D eigenvalue weighted by atomic mass is 9.90. The van der Waals surface area contributed by atoms with Gasteiger partial charge in [-0.2, -0.15) is 0 Å². The van der Waals surface area contributed by atoms with E-state index >= 15 is 0 Å². The van der Waals surface area contributed by atoms with Crippen molar-refractivity contribution in [2.45, 2.75) is 26.7 Å². The molecule has 6 nitrogen and oxygen atoms in total. The normalized spacial score (nSPS) is 23.7. The molecule has 2 unspecified atom stereocenters. The van der Waals surface area contributed by atoms with Crippen molar-refractivity contribution in [2.75, 3.05) is 41.3 Å². The SMILES string of the molecule is CCN1C(=O)C(=C2C(C=[N+](C)C)CCC2C=[N+](C)C)C(=O)N(CC)C1=S. The Labute approximate surface area is 161 Å². The molecule has 0 aromatic rings. The van der Waals surface area contributed by atoms with Crippen LogP contribution in [0.4, 0.5) is 0 Å². The van der Waals surface area contributed by atoms with Crippen LogP contribution in [-0.4, -0.2) is 89.6 Å². The average molecular weight is 379 g/mol. The predicted molar refractivity (Wildman–Crippen MR) is 107 cm³/mol. The molecule has 2 amide bonds. The number of carbonyl (C=O) groups is 2. The Morgan fingerprint density at radius 3 is 1.62 bits per heavy atom. The molecular weight excluding hydrogens is 348 g/mol. The molecule has 0 N–H and O–H groups in total. The first-order valence-electron chi connectivity index (χ1n) is 9.17. The second-order valence-electron chi connectivity index (χ2n) is 7.23. The Morgan fingerprint density at radius 2 is 1.31 bits per heavy atom. The lowest BCUT2D eigenvalue weighted by Crippen LogP contribution is -2.56. The first-order valence-corrected chi connectivity index (χ1v) is 9.58. The summed E-state index contributed by atoms with van der Waals surface area (Å²) < 4.78 is 4.00. The summed E-state index contributed by atoms with van der Waals surface area (Å²) in [5.41, 5.74) is 1.24. The van der Waals surface area contributed by atoms with Crippen LogP contribution in [-0.2, 0) is 9.59 Å². The highest BCUT2D eigenvalue weighted by Gasteiger charge is 2.45. The van der Waals surface area contributed by atoms with Gasteiger partial charge in [-0.1, -0.05) is 0 Å². The maximum Gasteiger partial charge on any atom is 0.265 e. The Morgan fingerprint density at radius 1 is 0.923 bits per heavy atom. The smallest absolute Gasteiger partial charge is 0.265 e. The lowest BCUT2D eigenvalue weighted by molar-refractivity contribution is -0.461. The van der Waals surface area contributed by atoms with Crippen molar-refractivity contribution >= 4 is 41.6 Å². The number of thiocarbonyl (C=S) groups is 1. The standard InChI is InChI=1S/C19H30N4O2S/c1-7-22-17(24)16(18(25)23(8-2)19(22)26)15-13(11-20(3)4)9-10-14(15)12-21(5)6/h11-14H,7-10H2,1-6H3/q+2. The third-order valence-corrected chi connectivity index (χ3v) is 5.29. The second kappa shape index (κ2) is 8.20. The third kappa shape index (κ3) is 3.77. The fourth-order valence-electron chi connectivity index (χ4n) is 3.83. The van der Waals surface area contributed by atoms with Gasteiger partial charge in [0.15, 0.2) is 5.11 Å². The number of rotatable bonds is 4. The van der Waals surface area contributed by atoms with Crippen LogP contribution in [0.15, 0.2) is 11.1 Å². The van der Waals surface area contributed by atoms with E-state index in [1.165, 1.54) is 0 Å². The van der Waals surface area contributed by atoms with Gasteiger partial charge in [-0.25, -0.2) is 9.15 Å². The molecule has 0 bridgehead atoms. The number of carbonyl (C=O) groups excluding carboxylic acids is 2. The molecule has 2 aliphatic rings. The second-order valence-corrected chi connectivity index (χ2v) is 7.59. The number of likely N-dealkylation sites (N-methyl/N-ethyl adjacent to an activating group) is 2. The molecule has 2 atom stereocenters. The molecule has 1 aliphatic carbocycles. The summed E-state index contributed by atoms with van der Waals surface area (Å²) in [5.74, 6) is -0.340. The van der Waals surface area contributed by atoms with Gasteiger partial charge in [0.1, 0.15) is 46.2 Å². The van der Waals surface area contributed by atoms with Crippen molar-refractivity contribution in [3.8, 4) is 0 Å². The summed E-state index contributed by atoms with van der Waals surface area (Å²) in [4.78, 5) is 29.4. The first-order chi connectivity index (χ1) is 12.2. The van der Waals surface area contributed by atoms with Crippen molar-refractivity contribution in [2.24, 2.45) is 11.8 Å². The minimum absolute atomic E-state index is 0.0817. The zero-order chi connectivity index (χ0) is 19.6. The predicted octanol–water partition coefficient (Wildman–Crippen LogP) is 0.991. The van der Waals surface area contributed by atoms with Gasteiger partial charge in [0.2, 0.25) is 0 Å². The topological polar surface area (TPSA) is 46.6 Å². The highest BCUT2D eigenvalue weighted by Crippen LogP contribution is 2.39. The molecule has 1 saturated carbocycles. The van der Waals surface area contributed by atoms with Gasteiger partial charge in [-0.3, -0.25) is 19.4 Å². The maximum atomic E-state index is 13.2. The highest BCUT2D eigenvalue weighted by molar-refractivity contribution is 7.80. The molecule has 1 aliphatic heterocycles. The van der Waals surface area contributed by atoms with Crippen LogP contribution in [0.3, 0.4) is 0 Å². The summed E-state index contributed by atoms with van der Waals surface area (Å²) in [6.45, 7) is 4.69. The fourth-order valence-corrected chi connectivity index (χ4v) is 4.25. The van der Waals surface area contributed by atoms with E-state index in [1.807, 2.05) is 51.2 Å². The van der Waals surface area contributed by atoms with Crippen LogP contribution in [0, 0.1) is 11.8 Å². The van der Waals surface area contributed by atoms with Gasteiger partial charge in [0.25, 0.3) is 11.8 Å².